The van der Waals surface area contributed by atoms with E-state index in [9.17, 15) is 0 Å². The lowest BCUT2D eigenvalue weighted by molar-refractivity contribution is 0.802. The van der Waals surface area contributed by atoms with E-state index >= 15 is 0 Å². The van der Waals surface area contributed by atoms with E-state index in [0.717, 1.165) is 36.0 Å². The smallest absolute Gasteiger partial charge is 0.110 e. The predicted octanol–water partition coefficient (Wildman–Crippen LogP) is 4.88. The van der Waals surface area contributed by atoms with E-state index < -0.39 is 0 Å². The third-order valence-electron chi connectivity index (χ3n) is 3.31. The fourth-order valence-corrected chi connectivity index (χ4v) is 2.26. The fourth-order valence-electron chi connectivity index (χ4n) is 2.26. The molecule has 0 spiro atoms. The van der Waals surface area contributed by atoms with Gasteiger partial charge in [-0.25, -0.2) is 0 Å². The highest BCUT2D eigenvalue weighted by molar-refractivity contribution is 5.90. The summed E-state index contributed by atoms with van der Waals surface area (Å²) in [6.07, 6.45) is 3.98. The molecule has 3 heteroatoms. The first-order valence-electron chi connectivity index (χ1n) is 6.91. The maximum absolute atomic E-state index is 4.32. The Bertz CT molecular complexity index is 698. The van der Waals surface area contributed by atoms with Crippen molar-refractivity contribution in [3.8, 4) is 0 Å². The number of H-pyrrole nitrogens is 1. The van der Waals surface area contributed by atoms with E-state index in [2.05, 4.69) is 45.5 Å². The number of fused-ring (bicyclic) bond motifs is 1. The average molecular weight is 263 g/mol. The molecule has 0 amide bonds. The van der Waals surface area contributed by atoms with Crippen LogP contribution in [-0.2, 0) is 6.42 Å². The zero-order valence-electron chi connectivity index (χ0n) is 11.3. The Morgan fingerprint density at radius 2 is 1.70 bits per heavy atom. The molecule has 1 heterocycles. The molecule has 0 radical (unpaired) electrons. The van der Waals surface area contributed by atoms with E-state index in [1.807, 2.05) is 30.5 Å². The highest BCUT2D eigenvalue weighted by atomic mass is 15.1. The van der Waals surface area contributed by atoms with Crippen molar-refractivity contribution in [2.45, 2.75) is 12.8 Å². The molecule has 1 N–H and O–H groups in total. The minimum absolute atomic E-state index is 0.758. The van der Waals surface area contributed by atoms with E-state index in [-0.39, 0.29) is 0 Å². The second-order valence-corrected chi connectivity index (χ2v) is 4.77. The van der Waals surface area contributed by atoms with Crippen LogP contribution in [0.1, 0.15) is 12.0 Å². The highest BCUT2D eigenvalue weighted by Crippen LogP contribution is 2.25. The molecule has 0 saturated heterocycles. The maximum Gasteiger partial charge on any atom is 0.110 e. The Hall–Kier alpha value is -2.42. The van der Waals surface area contributed by atoms with Gasteiger partial charge in [0, 0.05) is 17.1 Å². The number of hydrogen-bond donors (Lipinski definition) is 1. The monoisotopic (exact) mass is 263 g/mol. The summed E-state index contributed by atoms with van der Waals surface area (Å²) in [5, 5.41) is 9.73. The minimum Gasteiger partial charge on any atom is -0.359 e. The van der Waals surface area contributed by atoms with Crippen LogP contribution in [0, 0.1) is 0 Å². The molecule has 20 heavy (non-hydrogen) atoms. The molecule has 3 aromatic rings. The number of nitrogens with one attached hydrogen (secondary N) is 1. The van der Waals surface area contributed by atoms with Crippen molar-refractivity contribution in [1.82, 2.24) is 4.98 Å². The van der Waals surface area contributed by atoms with Gasteiger partial charge < -0.3 is 4.98 Å². The number of para-hydroxylation sites is 1. The molecule has 3 nitrogen and oxygen atoms in total. The zero-order valence-corrected chi connectivity index (χ0v) is 11.3. The zero-order chi connectivity index (χ0) is 13.6. The number of nitrogens with zero attached hydrogens (tertiary/aromatic N) is 2. The quantitative estimate of drug-likeness (QED) is 0.503. The normalized spacial score (nSPS) is 11.4. The maximum atomic E-state index is 4.32. The molecule has 3 rings (SSSR count). The van der Waals surface area contributed by atoms with Crippen LogP contribution in [0.3, 0.4) is 0 Å². The Labute approximate surface area is 118 Å². The predicted molar refractivity (Wildman–Crippen MR) is 82.4 cm³/mol. The lowest BCUT2D eigenvalue weighted by Crippen LogP contribution is -1.86. The first-order valence-corrected chi connectivity index (χ1v) is 6.91. The lowest BCUT2D eigenvalue weighted by atomic mass is 10.1. The number of azo groups is 1. The van der Waals surface area contributed by atoms with Crippen molar-refractivity contribution >= 4 is 16.6 Å². The van der Waals surface area contributed by atoms with Gasteiger partial charge in [-0.05, 0) is 24.5 Å². The summed E-state index contributed by atoms with van der Waals surface area (Å²) in [5.74, 6) is 0. The standard InChI is InChI=1S/C17H17N3/c1-2-7-14(8-3-1)9-6-12-19-20-17-13-18-16-11-5-4-10-15(16)17/h1-5,7-8,10-11,13,18H,6,9,12H2/b20-19-. The molecular formula is C17H17N3. The van der Waals surface area contributed by atoms with Gasteiger partial charge in [0.15, 0.2) is 0 Å². The van der Waals surface area contributed by atoms with E-state index in [1.165, 1.54) is 5.56 Å². The average Bonchev–Trinajstić information content (AvgIpc) is 2.91. The second-order valence-electron chi connectivity index (χ2n) is 4.77. The minimum atomic E-state index is 0.758. The van der Waals surface area contributed by atoms with E-state index in [1.54, 1.807) is 0 Å². The van der Waals surface area contributed by atoms with Gasteiger partial charge in [0.05, 0.1) is 6.54 Å². The van der Waals surface area contributed by atoms with Crippen LogP contribution in [0.15, 0.2) is 71.0 Å². The molecule has 2 aromatic carbocycles. The third-order valence-corrected chi connectivity index (χ3v) is 3.31. The molecule has 0 aliphatic heterocycles. The van der Waals surface area contributed by atoms with Crippen molar-refractivity contribution in [2.75, 3.05) is 6.54 Å². The topological polar surface area (TPSA) is 40.5 Å². The number of aryl methyl sites for hydroxylation is 1. The van der Waals surface area contributed by atoms with E-state index in [0.29, 0.717) is 0 Å². The molecule has 0 aliphatic rings. The number of hydrogen-bond acceptors (Lipinski definition) is 2. The number of aromatic amines is 1. The summed E-state index contributed by atoms with van der Waals surface area (Å²) in [4.78, 5) is 3.20. The van der Waals surface area contributed by atoms with Crippen LogP contribution < -0.4 is 0 Å². The molecule has 0 bridgehead atoms. The van der Waals surface area contributed by atoms with Crippen molar-refractivity contribution in [2.24, 2.45) is 10.2 Å². The first-order chi connectivity index (χ1) is 9.93. The van der Waals surface area contributed by atoms with Gasteiger partial charge >= 0.3 is 0 Å². The molecule has 0 unspecified atom stereocenters. The third kappa shape index (κ3) is 2.94. The number of aromatic nitrogens is 1. The molecule has 0 fully saturated rings. The van der Waals surface area contributed by atoms with Crippen LogP contribution in [0.5, 0.6) is 0 Å². The molecular weight excluding hydrogens is 246 g/mol. The Morgan fingerprint density at radius 3 is 2.60 bits per heavy atom. The largest absolute Gasteiger partial charge is 0.359 e. The summed E-state index contributed by atoms with van der Waals surface area (Å²) in [6, 6.07) is 18.6. The van der Waals surface area contributed by atoms with Crippen LogP contribution in [0.2, 0.25) is 0 Å². The number of benzene rings is 2. The summed E-state index contributed by atoms with van der Waals surface area (Å²) in [5.41, 5.74) is 3.38. The summed E-state index contributed by atoms with van der Waals surface area (Å²) in [6.45, 7) is 0.758. The number of rotatable bonds is 5. The van der Waals surface area contributed by atoms with Crippen molar-refractivity contribution in [1.29, 1.82) is 0 Å². The Balaban J connectivity index is 1.56. The second kappa shape index (κ2) is 6.15. The summed E-state index contributed by atoms with van der Waals surface area (Å²) >= 11 is 0. The van der Waals surface area contributed by atoms with Gasteiger partial charge in [-0.1, -0.05) is 48.5 Å². The summed E-state index contributed by atoms with van der Waals surface area (Å²) < 4.78 is 0. The van der Waals surface area contributed by atoms with Crippen molar-refractivity contribution < 1.29 is 0 Å². The van der Waals surface area contributed by atoms with Crippen LogP contribution in [-0.4, -0.2) is 11.5 Å². The van der Waals surface area contributed by atoms with Crippen LogP contribution >= 0.6 is 0 Å². The lowest BCUT2D eigenvalue weighted by Gasteiger charge is -1.97. The molecule has 100 valence electrons. The van der Waals surface area contributed by atoms with Gasteiger partial charge in [-0.2, -0.15) is 10.2 Å². The van der Waals surface area contributed by atoms with Crippen LogP contribution in [0.4, 0.5) is 5.69 Å². The van der Waals surface area contributed by atoms with Crippen molar-refractivity contribution in [3.63, 3.8) is 0 Å². The molecule has 0 saturated carbocycles. The van der Waals surface area contributed by atoms with Crippen LogP contribution in [0.25, 0.3) is 10.9 Å². The van der Waals surface area contributed by atoms with Gasteiger partial charge in [0.25, 0.3) is 0 Å². The highest BCUT2D eigenvalue weighted by Gasteiger charge is 2.00. The Morgan fingerprint density at radius 1 is 0.900 bits per heavy atom. The molecule has 0 atom stereocenters. The first kappa shape index (κ1) is 12.6. The SMILES string of the molecule is c1ccc(CCC/N=N\c2c[nH]c3ccccc23)cc1. The van der Waals surface area contributed by atoms with Crippen molar-refractivity contribution in [3.05, 3.63) is 66.4 Å². The van der Waals surface area contributed by atoms with Gasteiger partial charge in [0.1, 0.15) is 5.69 Å². The van der Waals surface area contributed by atoms with Gasteiger partial charge in [0.2, 0.25) is 0 Å². The fraction of sp³-hybridized carbons (Fsp3) is 0.176. The van der Waals surface area contributed by atoms with Gasteiger partial charge in [-0.15, -0.1) is 0 Å². The molecule has 0 aliphatic carbocycles. The summed E-state index contributed by atoms with van der Waals surface area (Å²) in [7, 11) is 0. The Kier molecular flexibility index (Phi) is 3.88. The van der Waals surface area contributed by atoms with Gasteiger partial charge in [-0.3, -0.25) is 0 Å². The van der Waals surface area contributed by atoms with E-state index in [4.69, 9.17) is 0 Å². The molecule has 1 aromatic heterocycles.